The SMILES string of the molecule is O=C1CN(C(=O)CN2CCC(n3c(=O)[nH]c4ccccc43)CC2)c2ccccc2N1. The second-order valence-electron chi connectivity index (χ2n) is 7.87. The van der Waals surface area contributed by atoms with Crippen LogP contribution in [0.25, 0.3) is 11.0 Å². The molecule has 2 aromatic carbocycles. The van der Waals surface area contributed by atoms with E-state index in [0.29, 0.717) is 5.69 Å². The average Bonchev–Trinajstić information content (AvgIpc) is 3.09. The highest BCUT2D eigenvalue weighted by molar-refractivity contribution is 6.10. The fourth-order valence-corrected chi connectivity index (χ4v) is 4.50. The average molecular weight is 405 g/mol. The third-order valence-electron chi connectivity index (χ3n) is 5.98. The zero-order valence-electron chi connectivity index (χ0n) is 16.5. The van der Waals surface area contributed by atoms with E-state index in [1.807, 2.05) is 47.0 Å². The Kier molecular flexibility index (Phi) is 4.63. The van der Waals surface area contributed by atoms with Crippen molar-refractivity contribution in [2.24, 2.45) is 0 Å². The highest BCUT2D eigenvalue weighted by atomic mass is 16.2. The van der Waals surface area contributed by atoms with Gasteiger partial charge in [-0.2, -0.15) is 0 Å². The molecule has 154 valence electrons. The number of para-hydroxylation sites is 4. The second-order valence-corrected chi connectivity index (χ2v) is 7.87. The second kappa shape index (κ2) is 7.46. The Morgan fingerprint density at radius 1 is 1.00 bits per heavy atom. The van der Waals surface area contributed by atoms with Crippen LogP contribution in [-0.4, -0.2) is 52.4 Å². The molecule has 0 unspecified atom stereocenters. The molecule has 0 aliphatic carbocycles. The Labute approximate surface area is 173 Å². The largest absolute Gasteiger partial charge is 0.326 e. The summed E-state index contributed by atoms with van der Waals surface area (Å²) < 4.78 is 1.85. The molecule has 1 aromatic heterocycles. The first-order chi connectivity index (χ1) is 14.6. The molecule has 1 saturated heterocycles. The summed E-state index contributed by atoms with van der Waals surface area (Å²) in [6, 6.07) is 15.2. The zero-order valence-corrected chi connectivity index (χ0v) is 16.5. The number of hydrogen-bond acceptors (Lipinski definition) is 4. The summed E-state index contributed by atoms with van der Waals surface area (Å²) in [6.07, 6.45) is 1.60. The molecule has 2 aliphatic rings. The number of anilines is 2. The Hall–Kier alpha value is -3.39. The molecule has 3 heterocycles. The van der Waals surface area contributed by atoms with Gasteiger partial charge >= 0.3 is 5.69 Å². The van der Waals surface area contributed by atoms with Crippen LogP contribution in [0.2, 0.25) is 0 Å². The van der Waals surface area contributed by atoms with Crippen molar-refractivity contribution in [3.8, 4) is 0 Å². The number of benzene rings is 2. The lowest BCUT2D eigenvalue weighted by Gasteiger charge is -2.34. The molecule has 2 amide bonds. The highest BCUT2D eigenvalue weighted by Crippen LogP contribution is 2.29. The minimum Gasteiger partial charge on any atom is -0.323 e. The van der Waals surface area contributed by atoms with Crippen LogP contribution in [0.1, 0.15) is 18.9 Å². The number of imidazole rings is 1. The predicted octanol–water partition coefficient (Wildman–Crippen LogP) is 1.95. The van der Waals surface area contributed by atoms with Crippen LogP contribution in [0.15, 0.2) is 53.3 Å². The maximum Gasteiger partial charge on any atom is 0.326 e. The number of aromatic amines is 1. The van der Waals surface area contributed by atoms with E-state index in [1.165, 1.54) is 0 Å². The number of likely N-dealkylation sites (tertiary alicyclic amines) is 1. The van der Waals surface area contributed by atoms with Crippen molar-refractivity contribution in [2.75, 3.05) is 36.4 Å². The third kappa shape index (κ3) is 3.29. The number of rotatable bonds is 3. The standard InChI is InChI=1S/C22H23N5O3/c28-20-13-26(18-7-3-1-5-16(18)23-20)21(29)14-25-11-9-15(10-12-25)27-19-8-4-2-6-17(19)24-22(27)30/h1-8,15H,9-14H2,(H,23,28)(H,24,30). The van der Waals surface area contributed by atoms with Gasteiger partial charge in [0.15, 0.2) is 0 Å². The summed E-state index contributed by atoms with van der Waals surface area (Å²) in [6.45, 7) is 1.75. The maximum absolute atomic E-state index is 13.0. The van der Waals surface area contributed by atoms with E-state index >= 15 is 0 Å². The molecule has 0 radical (unpaired) electrons. The molecule has 30 heavy (non-hydrogen) atoms. The van der Waals surface area contributed by atoms with Crippen LogP contribution in [0.3, 0.4) is 0 Å². The zero-order chi connectivity index (χ0) is 20.7. The number of aromatic nitrogens is 2. The van der Waals surface area contributed by atoms with Gasteiger partial charge in [-0.15, -0.1) is 0 Å². The van der Waals surface area contributed by atoms with Crippen LogP contribution in [0.4, 0.5) is 11.4 Å². The Balaban J connectivity index is 1.27. The summed E-state index contributed by atoms with van der Waals surface area (Å²) >= 11 is 0. The summed E-state index contributed by atoms with van der Waals surface area (Å²) in [7, 11) is 0. The monoisotopic (exact) mass is 405 g/mol. The van der Waals surface area contributed by atoms with Crippen molar-refractivity contribution in [2.45, 2.75) is 18.9 Å². The lowest BCUT2D eigenvalue weighted by Crippen LogP contribution is -2.48. The van der Waals surface area contributed by atoms with E-state index in [4.69, 9.17) is 0 Å². The molecule has 0 bridgehead atoms. The number of hydrogen-bond donors (Lipinski definition) is 2. The van der Waals surface area contributed by atoms with Gasteiger partial charge in [-0.1, -0.05) is 24.3 Å². The molecular weight excluding hydrogens is 382 g/mol. The molecule has 0 atom stereocenters. The topological polar surface area (TPSA) is 90.4 Å². The molecule has 5 rings (SSSR count). The van der Waals surface area contributed by atoms with Gasteiger partial charge in [0.1, 0.15) is 6.54 Å². The molecule has 2 aliphatic heterocycles. The molecule has 3 aromatic rings. The van der Waals surface area contributed by atoms with Crippen molar-refractivity contribution in [1.29, 1.82) is 0 Å². The minimum atomic E-state index is -0.181. The van der Waals surface area contributed by atoms with Crippen molar-refractivity contribution in [3.63, 3.8) is 0 Å². The first-order valence-electron chi connectivity index (χ1n) is 10.2. The number of fused-ring (bicyclic) bond motifs is 2. The molecular formula is C22H23N5O3. The Bertz CT molecular complexity index is 1170. The first kappa shape index (κ1) is 18.6. The summed E-state index contributed by atoms with van der Waals surface area (Å²) in [4.78, 5) is 44.0. The van der Waals surface area contributed by atoms with E-state index in [0.717, 1.165) is 42.7 Å². The Morgan fingerprint density at radius 3 is 2.57 bits per heavy atom. The van der Waals surface area contributed by atoms with Gasteiger partial charge in [0, 0.05) is 19.1 Å². The summed E-state index contributed by atoms with van der Waals surface area (Å²) in [5.41, 5.74) is 3.10. The molecule has 2 N–H and O–H groups in total. The molecule has 8 nitrogen and oxygen atoms in total. The van der Waals surface area contributed by atoms with Crippen LogP contribution < -0.4 is 15.9 Å². The quantitative estimate of drug-likeness (QED) is 0.697. The summed E-state index contributed by atoms with van der Waals surface area (Å²) in [5.74, 6) is -0.264. The number of carbonyl (C=O) groups is 2. The fraction of sp³-hybridized carbons (Fsp3) is 0.318. The van der Waals surface area contributed by atoms with Gasteiger partial charge in [-0.3, -0.25) is 24.0 Å². The number of nitrogens with zero attached hydrogens (tertiary/aromatic N) is 3. The van der Waals surface area contributed by atoms with Gasteiger partial charge in [0.25, 0.3) is 0 Å². The van der Waals surface area contributed by atoms with Crippen LogP contribution >= 0.6 is 0 Å². The lowest BCUT2D eigenvalue weighted by atomic mass is 10.0. The fourth-order valence-electron chi connectivity index (χ4n) is 4.50. The first-order valence-corrected chi connectivity index (χ1v) is 10.2. The van der Waals surface area contributed by atoms with Crippen LogP contribution in [0.5, 0.6) is 0 Å². The van der Waals surface area contributed by atoms with Crippen molar-refractivity contribution >= 4 is 34.2 Å². The normalized spacial score (nSPS) is 17.7. The maximum atomic E-state index is 13.0. The predicted molar refractivity (Wildman–Crippen MR) is 115 cm³/mol. The van der Waals surface area contributed by atoms with E-state index < -0.39 is 0 Å². The van der Waals surface area contributed by atoms with E-state index in [2.05, 4.69) is 15.2 Å². The lowest BCUT2D eigenvalue weighted by molar-refractivity contribution is -0.122. The van der Waals surface area contributed by atoms with Crippen molar-refractivity contribution in [1.82, 2.24) is 14.5 Å². The molecule has 0 saturated carbocycles. The Morgan fingerprint density at radius 2 is 1.73 bits per heavy atom. The van der Waals surface area contributed by atoms with Gasteiger partial charge in [0.2, 0.25) is 11.8 Å². The van der Waals surface area contributed by atoms with E-state index in [1.54, 1.807) is 11.0 Å². The van der Waals surface area contributed by atoms with Crippen molar-refractivity contribution < 1.29 is 9.59 Å². The number of nitrogens with one attached hydrogen (secondary N) is 2. The molecule has 0 spiro atoms. The molecule has 1 fully saturated rings. The van der Waals surface area contributed by atoms with Gasteiger partial charge in [0.05, 0.1) is 29.0 Å². The van der Waals surface area contributed by atoms with Gasteiger partial charge in [-0.25, -0.2) is 4.79 Å². The smallest absolute Gasteiger partial charge is 0.323 e. The molecule has 8 heteroatoms. The number of amides is 2. The number of H-pyrrole nitrogens is 1. The van der Waals surface area contributed by atoms with Gasteiger partial charge < -0.3 is 10.3 Å². The van der Waals surface area contributed by atoms with E-state index in [-0.39, 0.29) is 36.6 Å². The summed E-state index contributed by atoms with van der Waals surface area (Å²) in [5, 5.41) is 2.81. The highest BCUT2D eigenvalue weighted by Gasteiger charge is 2.29. The third-order valence-corrected chi connectivity index (χ3v) is 5.98. The van der Waals surface area contributed by atoms with Crippen molar-refractivity contribution in [3.05, 3.63) is 59.0 Å². The van der Waals surface area contributed by atoms with Crippen LogP contribution in [0, 0.1) is 0 Å². The number of carbonyl (C=O) groups excluding carboxylic acids is 2. The van der Waals surface area contributed by atoms with Crippen LogP contribution in [-0.2, 0) is 9.59 Å². The minimum absolute atomic E-state index is 0.0387. The van der Waals surface area contributed by atoms with E-state index in [9.17, 15) is 14.4 Å². The number of piperidine rings is 1. The van der Waals surface area contributed by atoms with Gasteiger partial charge in [-0.05, 0) is 37.1 Å².